The zero-order chi connectivity index (χ0) is 21.5. The van der Waals surface area contributed by atoms with E-state index in [0.717, 1.165) is 41.8 Å². The smallest absolute Gasteiger partial charge is 0.269 e. The molecule has 0 heterocycles. The topological polar surface area (TPSA) is 101 Å². The van der Waals surface area contributed by atoms with E-state index < -0.39 is 4.92 Å². The third-order valence-electron chi connectivity index (χ3n) is 5.12. The highest BCUT2D eigenvalue weighted by atomic mass is 32.2. The Balaban J connectivity index is 1.49. The minimum Gasteiger partial charge on any atom is -0.351 e. The van der Waals surface area contributed by atoms with E-state index in [1.807, 2.05) is 24.3 Å². The second kappa shape index (κ2) is 10.2. The first-order chi connectivity index (χ1) is 14.4. The van der Waals surface area contributed by atoms with E-state index in [9.17, 15) is 19.7 Å². The van der Waals surface area contributed by atoms with E-state index >= 15 is 0 Å². The summed E-state index contributed by atoms with van der Waals surface area (Å²) in [6.07, 6.45) is 4.12. The Hall–Kier alpha value is -2.87. The largest absolute Gasteiger partial charge is 0.351 e. The number of nitrogens with one attached hydrogen (secondary N) is 2. The van der Waals surface area contributed by atoms with Crippen LogP contribution in [0, 0.1) is 16.0 Å². The average Bonchev–Trinajstić information content (AvgIpc) is 3.28. The summed E-state index contributed by atoms with van der Waals surface area (Å²) in [4.78, 5) is 35.8. The third-order valence-corrected chi connectivity index (χ3v) is 6.23. The molecule has 8 heteroatoms. The lowest BCUT2D eigenvalue weighted by Gasteiger charge is -2.13. The molecular formula is C22H25N3O4S. The van der Waals surface area contributed by atoms with Gasteiger partial charge in [0.15, 0.2) is 0 Å². The van der Waals surface area contributed by atoms with Gasteiger partial charge in [-0.2, -0.15) is 0 Å². The Morgan fingerprint density at radius 1 is 1.17 bits per heavy atom. The van der Waals surface area contributed by atoms with Gasteiger partial charge in [0, 0.05) is 35.2 Å². The Labute approximate surface area is 179 Å². The van der Waals surface area contributed by atoms with E-state index in [-0.39, 0.29) is 28.7 Å². The van der Waals surface area contributed by atoms with E-state index in [0.29, 0.717) is 6.54 Å². The number of anilines is 1. The molecule has 0 saturated heterocycles. The Morgan fingerprint density at radius 3 is 2.53 bits per heavy atom. The fourth-order valence-electron chi connectivity index (χ4n) is 3.43. The number of hydrogen-bond donors (Lipinski definition) is 2. The van der Waals surface area contributed by atoms with Gasteiger partial charge in [0.2, 0.25) is 11.8 Å². The van der Waals surface area contributed by atoms with Gasteiger partial charge in [-0.05, 0) is 49.6 Å². The number of benzene rings is 2. The average molecular weight is 428 g/mol. The van der Waals surface area contributed by atoms with Gasteiger partial charge < -0.3 is 10.6 Å². The predicted octanol–water partition coefficient (Wildman–Crippen LogP) is 4.52. The Morgan fingerprint density at radius 2 is 1.87 bits per heavy atom. The van der Waals surface area contributed by atoms with Crippen molar-refractivity contribution in [1.29, 1.82) is 0 Å². The van der Waals surface area contributed by atoms with Crippen molar-refractivity contribution in [2.45, 2.75) is 49.3 Å². The first-order valence-electron chi connectivity index (χ1n) is 10.0. The number of thioether (sulfide) groups is 1. The highest BCUT2D eigenvalue weighted by Gasteiger charge is 2.22. The minimum absolute atomic E-state index is 0.0244. The van der Waals surface area contributed by atoms with E-state index in [1.165, 1.54) is 23.9 Å². The van der Waals surface area contributed by atoms with Gasteiger partial charge in [-0.1, -0.05) is 25.0 Å². The second-order valence-electron chi connectivity index (χ2n) is 7.40. The molecule has 7 nitrogen and oxygen atoms in total. The maximum absolute atomic E-state index is 12.4. The molecule has 1 atom stereocenters. The summed E-state index contributed by atoms with van der Waals surface area (Å²) in [7, 11) is 0. The van der Waals surface area contributed by atoms with Crippen molar-refractivity contribution >= 4 is 35.0 Å². The van der Waals surface area contributed by atoms with Gasteiger partial charge in [0.1, 0.15) is 0 Å². The van der Waals surface area contributed by atoms with E-state index in [2.05, 4.69) is 10.6 Å². The van der Waals surface area contributed by atoms with Gasteiger partial charge in [0.05, 0.1) is 10.2 Å². The van der Waals surface area contributed by atoms with E-state index in [4.69, 9.17) is 0 Å². The molecule has 0 bridgehead atoms. The molecule has 2 aromatic rings. The maximum Gasteiger partial charge on any atom is 0.269 e. The number of nitrogens with zero attached hydrogens (tertiary/aromatic N) is 1. The fourth-order valence-corrected chi connectivity index (χ4v) is 4.32. The van der Waals surface area contributed by atoms with Crippen LogP contribution in [0.15, 0.2) is 53.4 Å². The third kappa shape index (κ3) is 6.06. The number of hydrogen-bond acceptors (Lipinski definition) is 5. The first kappa shape index (κ1) is 21.8. The summed E-state index contributed by atoms with van der Waals surface area (Å²) in [5.41, 5.74) is 1.67. The second-order valence-corrected chi connectivity index (χ2v) is 8.81. The lowest BCUT2D eigenvalue weighted by molar-refractivity contribution is -0.384. The molecule has 1 aliphatic rings. The number of non-ortho nitro benzene ring substituents is 1. The minimum atomic E-state index is -0.450. The number of rotatable bonds is 8. The highest BCUT2D eigenvalue weighted by molar-refractivity contribution is 8.00. The number of nitro benzene ring substituents is 1. The zero-order valence-corrected chi connectivity index (χ0v) is 17.6. The van der Waals surface area contributed by atoms with Gasteiger partial charge in [0.25, 0.3) is 5.69 Å². The number of carbonyl (C=O) groups excluding carboxylic acids is 2. The van der Waals surface area contributed by atoms with Gasteiger partial charge in [-0.3, -0.25) is 19.7 Å². The van der Waals surface area contributed by atoms with Crippen LogP contribution in [0.25, 0.3) is 0 Å². The van der Waals surface area contributed by atoms with Crippen LogP contribution in [0.1, 0.15) is 38.2 Å². The molecule has 0 spiro atoms. The number of nitro groups is 1. The van der Waals surface area contributed by atoms with Crippen LogP contribution in [-0.2, 0) is 16.1 Å². The fraction of sp³-hybridized carbons (Fsp3) is 0.364. The summed E-state index contributed by atoms with van der Waals surface area (Å²) < 4.78 is 0. The molecule has 3 rings (SSSR count). The zero-order valence-electron chi connectivity index (χ0n) is 16.8. The molecule has 1 aliphatic carbocycles. The molecule has 2 aromatic carbocycles. The van der Waals surface area contributed by atoms with Crippen molar-refractivity contribution in [3.8, 4) is 0 Å². The summed E-state index contributed by atoms with van der Waals surface area (Å²) >= 11 is 1.34. The number of amides is 2. The Kier molecular flexibility index (Phi) is 7.46. The molecule has 1 fully saturated rings. The summed E-state index contributed by atoms with van der Waals surface area (Å²) in [6.45, 7) is 2.15. The van der Waals surface area contributed by atoms with Crippen LogP contribution < -0.4 is 10.6 Å². The van der Waals surface area contributed by atoms with Crippen LogP contribution in [-0.4, -0.2) is 22.0 Å². The SMILES string of the molecule is CC(Sc1ccc([N+](=O)[O-])cc1)C(=O)NCc1cccc(NC(=O)C2CCCC2)c1. The van der Waals surface area contributed by atoms with Crippen molar-refractivity contribution in [2.24, 2.45) is 5.92 Å². The predicted molar refractivity (Wildman–Crippen MR) is 117 cm³/mol. The lowest BCUT2D eigenvalue weighted by Crippen LogP contribution is -2.30. The van der Waals surface area contributed by atoms with Gasteiger partial charge in [-0.25, -0.2) is 0 Å². The van der Waals surface area contributed by atoms with Gasteiger partial charge in [-0.15, -0.1) is 11.8 Å². The normalized spacial score (nSPS) is 14.8. The van der Waals surface area contributed by atoms with Crippen molar-refractivity contribution < 1.29 is 14.5 Å². The molecule has 1 unspecified atom stereocenters. The molecule has 30 heavy (non-hydrogen) atoms. The lowest BCUT2D eigenvalue weighted by atomic mass is 10.1. The number of carbonyl (C=O) groups is 2. The molecule has 158 valence electrons. The van der Waals surface area contributed by atoms with Gasteiger partial charge >= 0.3 is 0 Å². The van der Waals surface area contributed by atoms with Crippen LogP contribution in [0.2, 0.25) is 0 Å². The monoisotopic (exact) mass is 427 g/mol. The molecule has 0 aromatic heterocycles. The first-order valence-corrected chi connectivity index (χ1v) is 10.9. The summed E-state index contributed by atoms with van der Waals surface area (Å²) in [6, 6.07) is 13.6. The molecule has 0 aliphatic heterocycles. The Bertz CT molecular complexity index is 911. The van der Waals surface area contributed by atoms with Crippen LogP contribution in [0.3, 0.4) is 0 Å². The molecule has 2 N–H and O–H groups in total. The quantitative estimate of drug-likeness (QED) is 0.366. The van der Waals surface area contributed by atoms with Crippen molar-refractivity contribution in [3.63, 3.8) is 0 Å². The van der Waals surface area contributed by atoms with Crippen molar-refractivity contribution in [3.05, 3.63) is 64.2 Å². The summed E-state index contributed by atoms with van der Waals surface area (Å²) in [5, 5.41) is 16.3. The van der Waals surface area contributed by atoms with Crippen molar-refractivity contribution in [2.75, 3.05) is 5.32 Å². The van der Waals surface area contributed by atoms with Crippen LogP contribution in [0.5, 0.6) is 0 Å². The van der Waals surface area contributed by atoms with E-state index in [1.54, 1.807) is 19.1 Å². The summed E-state index contributed by atoms with van der Waals surface area (Å²) in [5.74, 6) is 0.0474. The standard InChI is InChI=1S/C22H25N3O4S/c1-15(30-20-11-9-19(10-12-20)25(28)29)21(26)23-14-16-5-4-8-18(13-16)24-22(27)17-6-2-3-7-17/h4-5,8-13,15,17H,2-3,6-7,14H2,1H3,(H,23,26)(H,24,27). The maximum atomic E-state index is 12.4. The highest BCUT2D eigenvalue weighted by Crippen LogP contribution is 2.27. The molecule has 2 amide bonds. The van der Waals surface area contributed by atoms with Crippen LogP contribution in [0.4, 0.5) is 11.4 Å². The molecular weight excluding hydrogens is 402 g/mol. The van der Waals surface area contributed by atoms with Crippen LogP contribution >= 0.6 is 11.8 Å². The molecule has 0 radical (unpaired) electrons. The molecule has 1 saturated carbocycles. The van der Waals surface area contributed by atoms with Crippen molar-refractivity contribution in [1.82, 2.24) is 5.32 Å².